The Morgan fingerprint density at radius 3 is 2.68 bits per heavy atom. The molecule has 0 fully saturated rings. The van der Waals surface area contributed by atoms with Crippen LogP contribution in [0.15, 0.2) is 18.6 Å². The van der Waals surface area contributed by atoms with Crippen LogP contribution in [0, 0.1) is 17.0 Å². The number of carbonyl (C=O) groups excluding carboxylic acids is 1. The normalized spacial score (nSPS) is 10.7. The summed E-state index contributed by atoms with van der Waals surface area (Å²) < 4.78 is 3.08. The summed E-state index contributed by atoms with van der Waals surface area (Å²) in [5.74, 6) is -0.179. The average Bonchev–Trinajstić information content (AvgIpc) is 3.05. The lowest BCUT2D eigenvalue weighted by Gasteiger charge is -2.15. The predicted molar refractivity (Wildman–Crippen MR) is 78.0 cm³/mol. The van der Waals surface area contributed by atoms with Crippen molar-refractivity contribution in [3.63, 3.8) is 0 Å². The predicted octanol–water partition coefficient (Wildman–Crippen LogP) is 0.975. The van der Waals surface area contributed by atoms with Crippen LogP contribution in [0.25, 0.3) is 0 Å². The van der Waals surface area contributed by atoms with Gasteiger partial charge in [0.2, 0.25) is 5.91 Å². The quantitative estimate of drug-likeness (QED) is 0.585. The molecule has 2 heterocycles. The highest BCUT2D eigenvalue weighted by molar-refractivity contribution is 5.75. The van der Waals surface area contributed by atoms with E-state index < -0.39 is 4.92 Å². The van der Waals surface area contributed by atoms with Crippen molar-refractivity contribution in [1.82, 2.24) is 24.5 Å². The van der Waals surface area contributed by atoms with Gasteiger partial charge < -0.3 is 4.90 Å². The average molecular weight is 306 g/mol. The molecule has 0 atom stereocenters. The van der Waals surface area contributed by atoms with Crippen molar-refractivity contribution < 1.29 is 9.72 Å². The van der Waals surface area contributed by atoms with Crippen molar-refractivity contribution >= 4 is 11.6 Å². The molecule has 22 heavy (non-hydrogen) atoms. The van der Waals surface area contributed by atoms with Gasteiger partial charge >= 0.3 is 5.69 Å². The van der Waals surface area contributed by atoms with Crippen molar-refractivity contribution in [2.75, 3.05) is 7.05 Å². The van der Waals surface area contributed by atoms with Gasteiger partial charge in [0.05, 0.1) is 11.1 Å². The van der Waals surface area contributed by atoms with Crippen molar-refractivity contribution in [3.8, 4) is 0 Å². The third kappa shape index (κ3) is 3.48. The number of rotatable bonds is 6. The van der Waals surface area contributed by atoms with Gasteiger partial charge in [0.25, 0.3) is 0 Å². The first kappa shape index (κ1) is 15.7. The van der Waals surface area contributed by atoms with Crippen LogP contribution < -0.4 is 0 Å². The number of amides is 1. The first-order valence-electron chi connectivity index (χ1n) is 6.84. The van der Waals surface area contributed by atoms with Crippen molar-refractivity contribution in [2.24, 2.45) is 0 Å². The van der Waals surface area contributed by atoms with Crippen LogP contribution in [-0.4, -0.2) is 42.3 Å². The van der Waals surface area contributed by atoms with Crippen LogP contribution >= 0.6 is 0 Å². The lowest BCUT2D eigenvalue weighted by molar-refractivity contribution is -0.385. The molecule has 0 saturated heterocycles. The van der Waals surface area contributed by atoms with E-state index in [0.29, 0.717) is 12.2 Å². The summed E-state index contributed by atoms with van der Waals surface area (Å²) in [6, 6.07) is 0. The largest absolute Gasteiger partial charge is 0.340 e. The second-order valence-electron chi connectivity index (χ2n) is 5.01. The Labute approximate surface area is 127 Å². The van der Waals surface area contributed by atoms with E-state index in [-0.39, 0.29) is 18.1 Å². The molecule has 0 N–H and O–H groups in total. The number of nitro groups is 1. The fourth-order valence-corrected chi connectivity index (χ4v) is 2.05. The monoisotopic (exact) mass is 306 g/mol. The van der Waals surface area contributed by atoms with Gasteiger partial charge in [0.15, 0.2) is 0 Å². The lowest BCUT2D eigenvalue weighted by atomic mass is 10.3. The smallest absolute Gasteiger partial charge is 0.309 e. The summed E-state index contributed by atoms with van der Waals surface area (Å²) in [7, 11) is 1.68. The number of likely N-dealkylation sites (N-methyl/N-ethyl adjacent to an activating group) is 1. The zero-order valence-corrected chi connectivity index (χ0v) is 12.8. The van der Waals surface area contributed by atoms with E-state index in [9.17, 15) is 14.9 Å². The molecule has 2 rings (SSSR count). The van der Waals surface area contributed by atoms with Gasteiger partial charge in [-0.05, 0) is 13.8 Å². The highest BCUT2D eigenvalue weighted by Crippen LogP contribution is 2.15. The number of aromatic nitrogens is 4. The SMILES string of the molecule is CCn1cc(CN(C)C(=O)Cn2cc([N+](=O)[O-])c(C)n2)cn1. The molecule has 0 aromatic carbocycles. The number of hydrogen-bond acceptors (Lipinski definition) is 5. The summed E-state index contributed by atoms with van der Waals surface area (Å²) in [4.78, 5) is 24.0. The minimum atomic E-state index is -0.508. The van der Waals surface area contributed by atoms with Crippen LogP contribution in [-0.2, 0) is 24.4 Å². The Morgan fingerprint density at radius 2 is 2.14 bits per heavy atom. The van der Waals surface area contributed by atoms with E-state index in [0.717, 1.165) is 12.1 Å². The highest BCUT2D eigenvalue weighted by atomic mass is 16.6. The second kappa shape index (κ2) is 6.37. The Bertz CT molecular complexity index is 690. The van der Waals surface area contributed by atoms with Gasteiger partial charge in [-0.1, -0.05) is 0 Å². The lowest BCUT2D eigenvalue weighted by Crippen LogP contribution is -2.29. The number of hydrogen-bond donors (Lipinski definition) is 0. The maximum Gasteiger partial charge on any atom is 0.309 e. The van der Waals surface area contributed by atoms with Crippen LogP contribution in [0.2, 0.25) is 0 Å². The molecule has 2 aromatic heterocycles. The van der Waals surface area contributed by atoms with Crippen LogP contribution in [0.5, 0.6) is 0 Å². The van der Waals surface area contributed by atoms with E-state index in [4.69, 9.17) is 0 Å². The summed E-state index contributed by atoms with van der Waals surface area (Å²) in [5, 5.41) is 18.9. The molecule has 0 radical (unpaired) electrons. The minimum Gasteiger partial charge on any atom is -0.340 e. The summed E-state index contributed by atoms with van der Waals surface area (Å²) in [6.07, 6.45) is 4.87. The van der Waals surface area contributed by atoms with E-state index in [1.54, 1.807) is 29.7 Å². The van der Waals surface area contributed by atoms with E-state index >= 15 is 0 Å². The van der Waals surface area contributed by atoms with E-state index in [1.807, 2.05) is 13.1 Å². The molecule has 0 aliphatic heterocycles. The Kier molecular flexibility index (Phi) is 4.54. The molecule has 0 aliphatic rings. The molecular weight excluding hydrogens is 288 g/mol. The Hall–Kier alpha value is -2.71. The van der Waals surface area contributed by atoms with Gasteiger partial charge in [-0.3, -0.25) is 24.3 Å². The standard InChI is InChI=1S/C13H18N6O3/c1-4-17-7-11(5-14-17)6-16(3)13(20)9-18-8-12(19(21)22)10(2)15-18/h5,7-8H,4,6,9H2,1-3H3. The molecule has 0 aliphatic carbocycles. The summed E-state index contributed by atoms with van der Waals surface area (Å²) >= 11 is 0. The number of nitrogens with zero attached hydrogens (tertiary/aromatic N) is 6. The van der Waals surface area contributed by atoms with Crippen molar-refractivity contribution in [3.05, 3.63) is 40.0 Å². The molecule has 0 unspecified atom stereocenters. The number of aryl methyl sites for hydroxylation is 2. The summed E-state index contributed by atoms with van der Waals surface area (Å²) in [5.41, 5.74) is 1.14. The summed E-state index contributed by atoms with van der Waals surface area (Å²) in [6.45, 7) is 4.70. The van der Waals surface area contributed by atoms with Gasteiger partial charge in [-0.25, -0.2) is 0 Å². The maximum absolute atomic E-state index is 12.2. The second-order valence-corrected chi connectivity index (χ2v) is 5.01. The third-order valence-electron chi connectivity index (χ3n) is 3.27. The Balaban J connectivity index is 1.99. The van der Waals surface area contributed by atoms with Crippen molar-refractivity contribution in [2.45, 2.75) is 33.5 Å². The Morgan fingerprint density at radius 1 is 1.41 bits per heavy atom. The van der Waals surface area contributed by atoms with Crippen LogP contribution in [0.3, 0.4) is 0 Å². The maximum atomic E-state index is 12.2. The minimum absolute atomic E-state index is 0.0346. The van der Waals surface area contributed by atoms with Crippen molar-refractivity contribution in [1.29, 1.82) is 0 Å². The van der Waals surface area contributed by atoms with Gasteiger partial charge in [-0.2, -0.15) is 10.2 Å². The van der Waals surface area contributed by atoms with Crippen LogP contribution in [0.4, 0.5) is 5.69 Å². The molecule has 0 saturated carbocycles. The first-order valence-corrected chi connectivity index (χ1v) is 6.84. The zero-order valence-electron chi connectivity index (χ0n) is 12.8. The van der Waals surface area contributed by atoms with Crippen LogP contribution in [0.1, 0.15) is 18.2 Å². The molecule has 2 aromatic rings. The third-order valence-corrected chi connectivity index (χ3v) is 3.27. The fourth-order valence-electron chi connectivity index (χ4n) is 2.05. The van der Waals surface area contributed by atoms with Gasteiger partial charge in [0, 0.05) is 31.9 Å². The van der Waals surface area contributed by atoms with Gasteiger partial charge in [0.1, 0.15) is 18.4 Å². The molecular formula is C13H18N6O3. The molecule has 9 nitrogen and oxygen atoms in total. The van der Waals surface area contributed by atoms with E-state index in [1.165, 1.54) is 10.9 Å². The van der Waals surface area contributed by atoms with E-state index in [2.05, 4.69) is 10.2 Å². The zero-order chi connectivity index (χ0) is 16.3. The molecule has 0 spiro atoms. The highest BCUT2D eigenvalue weighted by Gasteiger charge is 2.18. The molecule has 0 bridgehead atoms. The fraction of sp³-hybridized carbons (Fsp3) is 0.462. The molecule has 118 valence electrons. The molecule has 1 amide bonds. The number of carbonyl (C=O) groups is 1. The first-order chi connectivity index (χ1) is 10.4. The van der Waals surface area contributed by atoms with Gasteiger partial charge in [-0.15, -0.1) is 0 Å². The topological polar surface area (TPSA) is 99.1 Å². The molecule has 9 heteroatoms.